The van der Waals surface area contributed by atoms with Crippen LogP contribution < -0.4 is 11.3 Å². The summed E-state index contributed by atoms with van der Waals surface area (Å²) >= 11 is 0. The molecular formula is C48H28O30. The first kappa shape index (κ1) is 49.1. The molecule has 10 bridgehead atoms. The van der Waals surface area contributed by atoms with Crippen molar-refractivity contribution in [3.8, 4) is 125 Å². The minimum Gasteiger partial charge on any atom is -0.504 e. The maximum absolute atomic E-state index is 15.0. The van der Waals surface area contributed by atoms with Crippen LogP contribution in [0.2, 0.25) is 0 Å². The van der Waals surface area contributed by atoms with E-state index >= 15 is 0 Å². The van der Waals surface area contributed by atoms with Crippen LogP contribution in [-0.4, -0.2) is 147 Å². The smallest absolute Gasteiger partial charge is 0.345 e. The Kier molecular flexibility index (Phi) is 10.2. The molecular weight excluding hydrogens is 1060 g/mol. The maximum atomic E-state index is 15.0. The van der Waals surface area contributed by atoms with Crippen LogP contribution in [0.3, 0.4) is 0 Å². The normalized spacial score (nSPS) is 19.1. The number of benzene rings is 6. The Hall–Kier alpha value is -11.1. The minimum absolute atomic E-state index is 0.231. The number of carbonyl (C=O) groups is 4. The molecule has 4 aliphatic heterocycles. The van der Waals surface area contributed by atoms with Gasteiger partial charge in [0.15, 0.2) is 87.0 Å². The quantitative estimate of drug-likeness (QED) is 0.0365. The number of aromatic hydroxyl groups is 16. The molecule has 400 valence electrons. The van der Waals surface area contributed by atoms with Gasteiger partial charge in [-0.3, -0.25) is 0 Å². The number of hydrogen-bond donors (Lipinski definition) is 18. The van der Waals surface area contributed by atoms with E-state index in [4.69, 9.17) is 27.8 Å². The lowest BCUT2D eigenvalue weighted by atomic mass is 9.82. The second-order valence-corrected chi connectivity index (χ2v) is 17.6. The predicted molar refractivity (Wildman–Crippen MR) is 245 cm³/mol. The van der Waals surface area contributed by atoms with E-state index in [-0.39, 0.29) is 6.07 Å². The Morgan fingerprint density at radius 2 is 0.718 bits per heavy atom. The summed E-state index contributed by atoms with van der Waals surface area (Å²) in [6, 6.07) is 0.884. The maximum Gasteiger partial charge on any atom is 0.345 e. The van der Waals surface area contributed by atoms with Crippen molar-refractivity contribution in [3.63, 3.8) is 0 Å². The number of phenols is 16. The first-order chi connectivity index (χ1) is 36.7. The SMILES string of the molecule is O=C1OC(C2OC(=O)c3cc(O)c(O)c(O)c3-c3c(O)c(O)c4oc(=O)c5c(c(O)c(O)c6oc(=O)c3c4c65)-c3c(cc(O)c(O)c3O)C(=O)OCC2O)C2OC(=O)c3c(c(O)c(O)c(O)c3C2O)-c2c1cc(O)c(O)c2O. The third-order valence-electron chi connectivity index (χ3n) is 13.4. The summed E-state index contributed by atoms with van der Waals surface area (Å²) in [7, 11) is 0. The van der Waals surface area contributed by atoms with E-state index in [1.54, 1.807) is 0 Å². The second-order valence-electron chi connectivity index (χ2n) is 17.6. The van der Waals surface area contributed by atoms with Gasteiger partial charge in [0.05, 0.1) is 33.0 Å². The topological polar surface area (TPSA) is 530 Å². The van der Waals surface area contributed by atoms with E-state index in [9.17, 15) is 121 Å². The van der Waals surface area contributed by atoms with Crippen LogP contribution in [-0.2, 0) is 18.9 Å². The van der Waals surface area contributed by atoms with Gasteiger partial charge in [-0.15, -0.1) is 0 Å². The van der Waals surface area contributed by atoms with Gasteiger partial charge in [-0.25, -0.2) is 28.8 Å². The molecule has 0 saturated heterocycles. The van der Waals surface area contributed by atoms with Crippen molar-refractivity contribution in [1.82, 2.24) is 0 Å². The average molecular weight is 1080 g/mol. The molecule has 0 spiro atoms. The van der Waals surface area contributed by atoms with Crippen molar-refractivity contribution in [1.29, 1.82) is 0 Å². The lowest BCUT2D eigenvalue weighted by Gasteiger charge is -2.40. The molecule has 12 rings (SSSR count). The van der Waals surface area contributed by atoms with Crippen LogP contribution in [0.4, 0.5) is 0 Å². The fourth-order valence-corrected chi connectivity index (χ4v) is 9.96. The van der Waals surface area contributed by atoms with Crippen LogP contribution in [0.25, 0.3) is 66.1 Å². The largest absolute Gasteiger partial charge is 0.504 e. The molecule has 0 radical (unpaired) electrons. The predicted octanol–water partition coefficient (Wildman–Crippen LogP) is 1.65. The first-order valence-corrected chi connectivity index (χ1v) is 21.7. The number of aliphatic hydroxyl groups is 2. The number of rotatable bonds is 1. The van der Waals surface area contributed by atoms with Crippen LogP contribution >= 0.6 is 0 Å². The zero-order chi connectivity index (χ0) is 56.5. The molecule has 18 N–H and O–H groups in total. The molecule has 0 saturated carbocycles. The van der Waals surface area contributed by atoms with Gasteiger partial charge in [-0.2, -0.15) is 0 Å². The van der Waals surface area contributed by atoms with Crippen LogP contribution in [0, 0.1) is 0 Å². The van der Waals surface area contributed by atoms with Gasteiger partial charge >= 0.3 is 35.1 Å². The molecule has 2 aromatic heterocycles. The van der Waals surface area contributed by atoms with Crippen molar-refractivity contribution in [2.24, 2.45) is 0 Å². The molecule has 5 unspecified atom stereocenters. The molecule has 4 aliphatic rings. The Bertz CT molecular complexity index is 4280. The van der Waals surface area contributed by atoms with Gasteiger partial charge in [-0.05, 0) is 18.2 Å². The highest BCUT2D eigenvalue weighted by Gasteiger charge is 2.53. The van der Waals surface area contributed by atoms with Crippen LogP contribution in [0.1, 0.15) is 53.1 Å². The first-order valence-electron chi connectivity index (χ1n) is 21.7. The molecule has 0 amide bonds. The monoisotopic (exact) mass is 1080 g/mol. The standard InChI is InChI=1S/C48H28O30/c49-8-1-5-12(27(56)24(8)53)15-20-18-19-21(47(71)76-39(18)36(65)31(15)60)16(32(61)37(66)40(19)75-46(20)70)13-6(2-9(50)25(54)28(13)57)44(68)74-38(11(52)4-73-43(5)67)42-41-34(63)23-22(48(72)77-41)17(30(59)35(64)33(23)62)14-7(45(69)78-42)3-10(51)26(55)29(14)58/h1-3,11,34,38,41-42,49-66H,4H2. The molecule has 5 atom stereocenters. The number of hydrogen-bond acceptors (Lipinski definition) is 30. The van der Waals surface area contributed by atoms with Gasteiger partial charge in [0, 0.05) is 49.7 Å². The number of esters is 4. The number of aliphatic hydroxyl groups excluding tert-OH is 2. The van der Waals surface area contributed by atoms with E-state index in [2.05, 4.69) is 0 Å². The van der Waals surface area contributed by atoms with Crippen molar-refractivity contribution in [3.05, 3.63) is 66.9 Å². The number of cyclic esters (lactones) is 2. The number of fused-ring (bicyclic) bond motifs is 7. The molecule has 6 heterocycles. The summed E-state index contributed by atoms with van der Waals surface area (Å²) in [6.07, 6.45) is -14.2. The molecule has 30 heteroatoms. The fourth-order valence-electron chi connectivity index (χ4n) is 9.96. The van der Waals surface area contributed by atoms with E-state index in [1.165, 1.54) is 0 Å². The molecule has 0 aliphatic carbocycles. The van der Waals surface area contributed by atoms with E-state index in [0.717, 1.165) is 0 Å². The molecule has 8 aromatic rings. The number of carbonyl (C=O) groups excluding carboxylic acids is 4. The van der Waals surface area contributed by atoms with Crippen LogP contribution in [0.15, 0.2) is 36.6 Å². The average Bonchev–Trinajstić information content (AvgIpc) is 3.06. The third-order valence-corrected chi connectivity index (χ3v) is 13.4. The van der Waals surface area contributed by atoms with Crippen LogP contribution in [0.5, 0.6) is 92.0 Å². The zero-order valence-electron chi connectivity index (χ0n) is 37.8. The summed E-state index contributed by atoms with van der Waals surface area (Å²) in [5, 5.41) is 198. The van der Waals surface area contributed by atoms with E-state index in [0.29, 0.717) is 12.1 Å². The molecule has 30 nitrogen and oxygen atoms in total. The molecule has 6 aromatic carbocycles. The zero-order valence-corrected chi connectivity index (χ0v) is 37.8. The summed E-state index contributed by atoms with van der Waals surface area (Å²) in [4.78, 5) is 86.4. The highest BCUT2D eigenvalue weighted by atomic mass is 16.6. The summed E-state index contributed by atoms with van der Waals surface area (Å²) in [5.41, 5.74) is -19.6. The van der Waals surface area contributed by atoms with Gasteiger partial charge in [0.2, 0.25) is 34.5 Å². The van der Waals surface area contributed by atoms with Crippen molar-refractivity contribution >= 4 is 56.6 Å². The van der Waals surface area contributed by atoms with Gasteiger partial charge in [0.25, 0.3) is 0 Å². The van der Waals surface area contributed by atoms with E-state index in [1.807, 2.05) is 0 Å². The Morgan fingerprint density at radius 3 is 1.17 bits per heavy atom. The molecule has 0 fully saturated rings. The Labute approximate surface area is 424 Å². The van der Waals surface area contributed by atoms with Crippen molar-refractivity contribution in [2.45, 2.75) is 30.5 Å². The van der Waals surface area contributed by atoms with Crippen molar-refractivity contribution in [2.75, 3.05) is 6.61 Å². The summed E-state index contributed by atoms with van der Waals surface area (Å²) < 4.78 is 32.5. The highest BCUT2D eigenvalue weighted by Crippen LogP contribution is 2.60. The highest BCUT2D eigenvalue weighted by molar-refractivity contribution is 6.29. The lowest BCUT2D eigenvalue weighted by molar-refractivity contribution is -0.153. The number of phenolic OH excluding ortho intramolecular Hbond substituents is 16. The summed E-state index contributed by atoms with van der Waals surface area (Å²) in [6.45, 7) is -1.68. The van der Waals surface area contributed by atoms with Crippen molar-refractivity contribution < 1.29 is 139 Å². The molecule has 78 heavy (non-hydrogen) atoms. The number of ether oxygens (including phenoxy) is 4. The minimum atomic E-state index is -2.97. The third kappa shape index (κ3) is 6.24. The van der Waals surface area contributed by atoms with Gasteiger partial charge in [-0.1, -0.05) is 0 Å². The van der Waals surface area contributed by atoms with Gasteiger partial charge < -0.3 is 120 Å². The Balaban J connectivity index is 1.24. The lowest BCUT2D eigenvalue weighted by Crippen LogP contribution is -2.55. The van der Waals surface area contributed by atoms with E-state index < -0.39 is 258 Å². The fraction of sp³-hybridized carbons (Fsp3) is 0.125. The second kappa shape index (κ2) is 16.2. The Morgan fingerprint density at radius 1 is 0.346 bits per heavy atom. The summed E-state index contributed by atoms with van der Waals surface area (Å²) in [5.74, 6) is -32.3. The van der Waals surface area contributed by atoms with Gasteiger partial charge in [0.1, 0.15) is 18.8 Å².